The number of carbonyl (C=O) groups is 2. The molecule has 1 amide bonds. The molecule has 0 radical (unpaired) electrons. The number of nitrogens with one attached hydrogen (secondary N) is 1. The van der Waals surface area contributed by atoms with Crippen LogP contribution in [-0.2, 0) is 17.8 Å². The topological polar surface area (TPSA) is 77.5 Å². The quantitative estimate of drug-likeness (QED) is 0.718. The van der Waals surface area contributed by atoms with E-state index in [0.717, 1.165) is 12.1 Å². The Balaban J connectivity index is 2.06. The Morgan fingerprint density at radius 3 is 2.52 bits per heavy atom. The third-order valence-corrected chi connectivity index (χ3v) is 4.01. The fourth-order valence-corrected chi connectivity index (χ4v) is 2.44. The summed E-state index contributed by atoms with van der Waals surface area (Å²) >= 11 is 0. The molecule has 2 rings (SSSR count). The molecule has 156 valence electrons. The molecular formula is C20H21F3N2O4. The van der Waals surface area contributed by atoms with E-state index >= 15 is 0 Å². The maximum atomic E-state index is 12.4. The Morgan fingerprint density at radius 2 is 1.90 bits per heavy atom. The summed E-state index contributed by atoms with van der Waals surface area (Å²) in [5.74, 6) is -0.807. The largest absolute Gasteiger partial charge is 0.573 e. The van der Waals surface area contributed by atoms with Crippen molar-refractivity contribution in [1.82, 2.24) is 10.3 Å². The lowest BCUT2D eigenvalue weighted by molar-refractivity contribution is -0.274. The van der Waals surface area contributed by atoms with Gasteiger partial charge in [0.15, 0.2) is 0 Å². The molecule has 0 saturated heterocycles. The monoisotopic (exact) mass is 410 g/mol. The predicted molar refractivity (Wildman–Crippen MR) is 98.6 cm³/mol. The number of rotatable bonds is 8. The van der Waals surface area contributed by atoms with Gasteiger partial charge in [-0.3, -0.25) is 14.6 Å². The molecule has 2 aromatic rings. The van der Waals surface area contributed by atoms with Crippen molar-refractivity contribution < 1.29 is 32.2 Å². The number of hydrogen-bond donors (Lipinski definition) is 1. The zero-order valence-corrected chi connectivity index (χ0v) is 16.2. The molecule has 1 aromatic carbocycles. The summed E-state index contributed by atoms with van der Waals surface area (Å²) in [6.07, 6.45) is -3.23. The lowest BCUT2D eigenvalue weighted by Gasteiger charge is -2.13. The number of ether oxygens (including phenoxy) is 2. The van der Waals surface area contributed by atoms with Crippen molar-refractivity contribution in [3.63, 3.8) is 0 Å². The predicted octanol–water partition coefficient (Wildman–Crippen LogP) is 3.69. The molecule has 0 spiro atoms. The highest BCUT2D eigenvalue weighted by Gasteiger charge is 2.31. The maximum absolute atomic E-state index is 12.4. The number of carbonyl (C=O) groups excluding carboxylic acids is 2. The van der Waals surface area contributed by atoms with Gasteiger partial charge < -0.3 is 14.8 Å². The normalized spacial score (nSPS) is 11.3. The molecule has 6 nitrogen and oxygen atoms in total. The van der Waals surface area contributed by atoms with Crippen LogP contribution in [0.3, 0.4) is 0 Å². The number of methoxy groups -OCH3 is 1. The number of nitrogens with zero attached hydrogens (tertiary/aromatic N) is 1. The highest BCUT2D eigenvalue weighted by Crippen LogP contribution is 2.29. The summed E-state index contributed by atoms with van der Waals surface area (Å²) in [7, 11) is 1.30. The average Bonchev–Trinajstić information content (AvgIpc) is 2.65. The lowest BCUT2D eigenvalue weighted by Crippen LogP contribution is -2.23. The second-order valence-corrected chi connectivity index (χ2v) is 6.54. The van der Waals surface area contributed by atoms with E-state index in [1.165, 1.54) is 31.5 Å². The van der Waals surface area contributed by atoms with Crippen molar-refractivity contribution in [3.05, 3.63) is 53.3 Å². The first-order valence-electron chi connectivity index (χ1n) is 8.77. The second kappa shape index (κ2) is 9.40. The number of benzene rings is 1. The summed E-state index contributed by atoms with van der Waals surface area (Å²) < 4.78 is 45.9. The van der Waals surface area contributed by atoms with Crippen LogP contribution in [0, 0.1) is 5.92 Å². The minimum Gasteiger partial charge on any atom is -0.496 e. The van der Waals surface area contributed by atoms with E-state index in [4.69, 9.17) is 4.74 Å². The molecule has 0 unspecified atom stereocenters. The van der Waals surface area contributed by atoms with Crippen molar-refractivity contribution in [1.29, 1.82) is 0 Å². The number of aromatic nitrogens is 1. The van der Waals surface area contributed by atoms with Crippen LogP contribution in [0.15, 0.2) is 36.5 Å². The number of amides is 1. The molecule has 9 heteroatoms. The van der Waals surface area contributed by atoms with Crippen LogP contribution in [-0.4, -0.2) is 30.1 Å². The van der Waals surface area contributed by atoms with Gasteiger partial charge in [0.25, 0.3) is 5.91 Å². The number of halogens is 3. The third kappa shape index (κ3) is 6.78. The zero-order chi connectivity index (χ0) is 21.6. The molecule has 29 heavy (non-hydrogen) atoms. The van der Waals surface area contributed by atoms with E-state index in [2.05, 4.69) is 15.0 Å². The van der Waals surface area contributed by atoms with Gasteiger partial charge in [0.05, 0.1) is 7.11 Å². The molecule has 0 aliphatic heterocycles. The summed E-state index contributed by atoms with van der Waals surface area (Å²) in [5, 5.41) is 2.67. The average molecular weight is 410 g/mol. The van der Waals surface area contributed by atoms with E-state index in [-0.39, 0.29) is 30.4 Å². The van der Waals surface area contributed by atoms with Crippen LogP contribution < -0.4 is 14.8 Å². The fourth-order valence-electron chi connectivity index (χ4n) is 2.44. The first-order valence-corrected chi connectivity index (χ1v) is 8.77. The van der Waals surface area contributed by atoms with Crippen molar-refractivity contribution in [2.45, 2.75) is 33.2 Å². The van der Waals surface area contributed by atoms with E-state index in [1.54, 1.807) is 13.8 Å². The SMILES string of the molecule is COc1cc(OC(F)(F)F)ccc1CNC(=O)c1ccnc(CC(=O)C(C)C)c1. The highest BCUT2D eigenvalue weighted by atomic mass is 19.4. The Bertz CT molecular complexity index is 882. The molecule has 1 heterocycles. The van der Waals surface area contributed by atoms with Crippen molar-refractivity contribution >= 4 is 11.7 Å². The van der Waals surface area contributed by atoms with Crippen LogP contribution in [0.4, 0.5) is 13.2 Å². The Labute approximate surface area is 166 Å². The minimum absolute atomic E-state index is 0.0148. The van der Waals surface area contributed by atoms with Gasteiger partial charge in [-0.2, -0.15) is 0 Å². The smallest absolute Gasteiger partial charge is 0.496 e. The van der Waals surface area contributed by atoms with E-state index in [9.17, 15) is 22.8 Å². The molecule has 0 aliphatic rings. The fraction of sp³-hybridized carbons (Fsp3) is 0.350. The minimum atomic E-state index is -4.81. The first-order chi connectivity index (χ1) is 13.6. The van der Waals surface area contributed by atoms with Gasteiger partial charge >= 0.3 is 6.36 Å². The Morgan fingerprint density at radius 1 is 1.17 bits per heavy atom. The summed E-state index contributed by atoms with van der Waals surface area (Å²) in [6, 6.07) is 6.65. The molecular weight excluding hydrogens is 389 g/mol. The Hall–Kier alpha value is -3.10. The van der Waals surface area contributed by atoms with E-state index < -0.39 is 18.0 Å². The van der Waals surface area contributed by atoms with Crippen LogP contribution in [0.5, 0.6) is 11.5 Å². The van der Waals surface area contributed by atoms with E-state index in [1.807, 2.05) is 0 Å². The number of hydrogen-bond acceptors (Lipinski definition) is 5. The molecule has 1 N–H and O–H groups in total. The first kappa shape index (κ1) is 22.2. The van der Waals surface area contributed by atoms with Crippen molar-refractivity contribution in [2.24, 2.45) is 5.92 Å². The third-order valence-electron chi connectivity index (χ3n) is 4.01. The van der Waals surface area contributed by atoms with Gasteiger partial charge in [-0.1, -0.05) is 13.8 Å². The maximum Gasteiger partial charge on any atom is 0.573 e. The molecule has 0 saturated carbocycles. The van der Waals surface area contributed by atoms with E-state index in [0.29, 0.717) is 16.8 Å². The molecule has 0 fully saturated rings. The second-order valence-electron chi connectivity index (χ2n) is 6.54. The van der Waals surface area contributed by atoms with Gasteiger partial charge in [0.2, 0.25) is 0 Å². The van der Waals surface area contributed by atoms with Gasteiger partial charge in [0, 0.05) is 48.0 Å². The van der Waals surface area contributed by atoms with Crippen molar-refractivity contribution in [3.8, 4) is 11.5 Å². The number of ketones is 1. The lowest BCUT2D eigenvalue weighted by atomic mass is 10.0. The van der Waals surface area contributed by atoms with Gasteiger partial charge in [0.1, 0.15) is 17.3 Å². The molecule has 1 aromatic heterocycles. The Kier molecular flexibility index (Phi) is 7.19. The summed E-state index contributed by atoms with van der Waals surface area (Å²) in [5.41, 5.74) is 1.28. The summed E-state index contributed by atoms with van der Waals surface area (Å²) in [6.45, 7) is 3.60. The van der Waals surface area contributed by atoms with Crippen molar-refractivity contribution in [2.75, 3.05) is 7.11 Å². The van der Waals surface area contributed by atoms with Crippen LogP contribution >= 0.6 is 0 Å². The number of alkyl halides is 3. The van der Waals surface area contributed by atoms with Crippen LogP contribution in [0.2, 0.25) is 0 Å². The molecule has 0 bridgehead atoms. The molecule has 0 aliphatic carbocycles. The van der Waals surface area contributed by atoms with Crippen LogP contribution in [0.25, 0.3) is 0 Å². The van der Waals surface area contributed by atoms with Gasteiger partial charge in [-0.05, 0) is 24.3 Å². The van der Waals surface area contributed by atoms with Gasteiger partial charge in [-0.15, -0.1) is 13.2 Å². The van der Waals surface area contributed by atoms with Gasteiger partial charge in [-0.25, -0.2) is 0 Å². The number of Topliss-reactive ketones (excluding diaryl/α,β-unsaturated/α-hetero) is 1. The van der Waals surface area contributed by atoms with Crippen LogP contribution in [0.1, 0.15) is 35.5 Å². The zero-order valence-electron chi connectivity index (χ0n) is 16.2. The highest BCUT2D eigenvalue weighted by molar-refractivity contribution is 5.94. The summed E-state index contributed by atoms with van der Waals surface area (Å²) in [4.78, 5) is 28.4. The standard InChI is InChI=1S/C20H21F3N2O4/c1-12(2)17(26)9-15-8-13(6-7-24-15)19(27)25-11-14-4-5-16(10-18(14)28-3)29-20(21,22)23/h4-8,10,12H,9,11H2,1-3H3,(H,25,27). The molecule has 0 atom stereocenters. The number of pyridine rings is 1.